The lowest BCUT2D eigenvalue weighted by molar-refractivity contribution is -0.138. The predicted molar refractivity (Wildman–Crippen MR) is 101 cm³/mol. The maximum atomic E-state index is 12.6. The van der Waals surface area contributed by atoms with E-state index in [1.807, 2.05) is 24.3 Å². The second kappa shape index (κ2) is 8.15. The molecule has 2 amide bonds. The number of thiocarbonyl (C=S) groups is 1. The van der Waals surface area contributed by atoms with Gasteiger partial charge >= 0.3 is 0 Å². The van der Waals surface area contributed by atoms with Crippen LogP contribution >= 0.6 is 23.8 Å². The number of amides is 2. The van der Waals surface area contributed by atoms with E-state index in [0.717, 1.165) is 31.2 Å². The summed E-state index contributed by atoms with van der Waals surface area (Å²) in [6.07, 6.45) is 4.73. The van der Waals surface area contributed by atoms with Gasteiger partial charge in [0.25, 0.3) is 0 Å². The molecule has 0 bridgehead atoms. The fourth-order valence-electron chi connectivity index (χ4n) is 3.48. The van der Waals surface area contributed by atoms with E-state index >= 15 is 0 Å². The Morgan fingerprint density at radius 3 is 2.76 bits per heavy atom. The van der Waals surface area contributed by atoms with E-state index in [1.165, 1.54) is 4.90 Å². The first-order chi connectivity index (χ1) is 12.0. The average molecular weight is 380 g/mol. The van der Waals surface area contributed by atoms with Crippen LogP contribution in [-0.2, 0) is 16.0 Å². The smallest absolute Gasteiger partial charge is 0.240 e. The maximum Gasteiger partial charge on any atom is 0.240 e. The third kappa shape index (κ3) is 4.50. The zero-order chi connectivity index (χ0) is 17.8. The molecule has 1 aromatic carbocycles. The normalized spacial score (nSPS) is 23.0. The Kier molecular flexibility index (Phi) is 5.91. The molecule has 2 N–H and O–H groups in total. The van der Waals surface area contributed by atoms with Crippen molar-refractivity contribution in [1.29, 1.82) is 0 Å². The van der Waals surface area contributed by atoms with E-state index in [1.54, 1.807) is 0 Å². The maximum absolute atomic E-state index is 12.6. The lowest BCUT2D eigenvalue weighted by atomic mass is 9.82. The fourth-order valence-corrected chi connectivity index (χ4v) is 3.91. The highest BCUT2D eigenvalue weighted by Gasteiger charge is 2.40. The van der Waals surface area contributed by atoms with Gasteiger partial charge in [-0.3, -0.25) is 14.5 Å². The van der Waals surface area contributed by atoms with Gasteiger partial charge in [0.2, 0.25) is 11.8 Å². The molecule has 0 spiro atoms. The second-order valence-electron chi connectivity index (χ2n) is 6.60. The number of hydrogen-bond donors (Lipinski definition) is 2. The molecule has 5 nitrogen and oxygen atoms in total. The van der Waals surface area contributed by atoms with Crippen LogP contribution in [0.1, 0.15) is 31.2 Å². The largest absolute Gasteiger partial charge is 0.359 e. The summed E-state index contributed by atoms with van der Waals surface area (Å²) in [5.41, 5.74) is 1.10. The van der Waals surface area contributed by atoms with Crippen molar-refractivity contribution in [3.8, 4) is 0 Å². The van der Waals surface area contributed by atoms with Crippen LogP contribution in [-0.4, -0.2) is 41.0 Å². The van der Waals surface area contributed by atoms with Gasteiger partial charge in [0.15, 0.2) is 5.11 Å². The van der Waals surface area contributed by atoms with E-state index in [4.69, 9.17) is 23.8 Å². The summed E-state index contributed by atoms with van der Waals surface area (Å²) in [5, 5.41) is 7.16. The van der Waals surface area contributed by atoms with E-state index in [9.17, 15) is 9.59 Å². The fraction of sp³-hybridized carbons (Fsp3) is 0.500. The van der Waals surface area contributed by atoms with Gasteiger partial charge in [0.1, 0.15) is 6.54 Å². The van der Waals surface area contributed by atoms with Crippen molar-refractivity contribution in [2.45, 2.75) is 38.1 Å². The van der Waals surface area contributed by atoms with Crippen LogP contribution in [0.3, 0.4) is 0 Å². The Hall–Kier alpha value is -1.66. The van der Waals surface area contributed by atoms with E-state index in [2.05, 4.69) is 10.6 Å². The zero-order valence-corrected chi connectivity index (χ0v) is 15.5. The monoisotopic (exact) mass is 379 g/mol. The highest BCUT2D eigenvalue weighted by atomic mass is 35.5. The molecule has 1 heterocycles. The number of rotatable bonds is 5. The number of benzene rings is 1. The lowest BCUT2D eigenvalue weighted by Crippen LogP contribution is -2.62. The number of nitrogens with one attached hydrogen (secondary N) is 2. The highest BCUT2D eigenvalue weighted by molar-refractivity contribution is 7.80. The van der Waals surface area contributed by atoms with Gasteiger partial charge in [-0.05, 0) is 49.2 Å². The van der Waals surface area contributed by atoms with E-state index in [-0.39, 0.29) is 30.3 Å². The number of nitrogens with zero attached hydrogens (tertiary/aromatic N) is 1. The van der Waals surface area contributed by atoms with Gasteiger partial charge in [0.05, 0.1) is 5.92 Å². The summed E-state index contributed by atoms with van der Waals surface area (Å²) >= 11 is 11.1. The van der Waals surface area contributed by atoms with E-state index < -0.39 is 0 Å². The Morgan fingerprint density at radius 1 is 1.28 bits per heavy atom. The first-order valence-corrected chi connectivity index (χ1v) is 9.46. The number of carbonyl (C=O) groups excluding carboxylic acids is 2. The molecule has 1 aliphatic heterocycles. The van der Waals surface area contributed by atoms with Gasteiger partial charge in [-0.15, -0.1) is 0 Å². The van der Waals surface area contributed by atoms with Crippen molar-refractivity contribution in [3.63, 3.8) is 0 Å². The quantitative estimate of drug-likeness (QED) is 0.770. The number of fused-ring (bicyclic) bond motifs is 1. The molecule has 1 saturated heterocycles. The van der Waals surface area contributed by atoms with Crippen molar-refractivity contribution >= 4 is 40.7 Å². The molecule has 2 unspecified atom stereocenters. The molecule has 2 aliphatic rings. The molecular formula is C18H22ClN3O2S. The third-order valence-electron chi connectivity index (χ3n) is 4.85. The average Bonchev–Trinajstić information content (AvgIpc) is 2.60. The first-order valence-electron chi connectivity index (χ1n) is 8.67. The molecule has 134 valence electrons. The number of hydrogen-bond acceptors (Lipinski definition) is 3. The summed E-state index contributed by atoms with van der Waals surface area (Å²) in [6, 6.07) is 7.67. The Bertz CT molecular complexity index is 665. The van der Waals surface area contributed by atoms with Crippen molar-refractivity contribution in [1.82, 2.24) is 15.5 Å². The van der Waals surface area contributed by atoms with Crippen LogP contribution in [0.25, 0.3) is 0 Å². The van der Waals surface area contributed by atoms with Crippen LogP contribution in [0, 0.1) is 5.92 Å². The number of halogens is 1. The standard InChI is InChI=1S/C18H22ClN3O2S/c19-13-7-5-12(6-8-13)9-10-20-16(23)11-22-17(24)14-3-1-2-4-15(14)21-18(22)25/h5-8,14-15H,1-4,9-11H2,(H,20,23)(H,21,25). The van der Waals surface area contributed by atoms with Crippen molar-refractivity contribution in [2.75, 3.05) is 13.1 Å². The molecule has 1 aliphatic carbocycles. The van der Waals surface area contributed by atoms with Gasteiger partial charge in [0, 0.05) is 17.6 Å². The van der Waals surface area contributed by atoms with Gasteiger partial charge in [-0.1, -0.05) is 36.6 Å². The summed E-state index contributed by atoms with van der Waals surface area (Å²) in [7, 11) is 0. The third-order valence-corrected chi connectivity index (χ3v) is 5.44. The molecule has 1 aromatic rings. The minimum absolute atomic E-state index is 0.0127. The second-order valence-corrected chi connectivity index (χ2v) is 7.42. The molecule has 0 radical (unpaired) electrons. The molecule has 2 fully saturated rings. The zero-order valence-electron chi connectivity index (χ0n) is 14.0. The summed E-state index contributed by atoms with van der Waals surface area (Å²) in [5.74, 6) is -0.260. The van der Waals surface area contributed by atoms with Crippen molar-refractivity contribution in [3.05, 3.63) is 34.9 Å². The first kappa shape index (κ1) is 18.1. The molecule has 1 saturated carbocycles. The highest BCUT2D eigenvalue weighted by Crippen LogP contribution is 2.29. The summed E-state index contributed by atoms with van der Waals surface area (Å²) in [6.45, 7) is 0.489. The van der Waals surface area contributed by atoms with Crippen LogP contribution in [0.2, 0.25) is 5.02 Å². The Morgan fingerprint density at radius 2 is 2.00 bits per heavy atom. The predicted octanol–water partition coefficient (Wildman–Crippen LogP) is 2.27. The molecule has 2 atom stereocenters. The van der Waals surface area contributed by atoms with Crippen LogP contribution in [0.4, 0.5) is 0 Å². The lowest BCUT2D eigenvalue weighted by Gasteiger charge is -2.41. The molecule has 25 heavy (non-hydrogen) atoms. The summed E-state index contributed by atoms with van der Waals surface area (Å²) < 4.78 is 0. The summed E-state index contributed by atoms with van der Waals surface area (Å²) in [4.78, 5) is 26.2. The molecular weight excluding hydrogens is 358 g/mol. The number of carbonyl (C=O) groups is 2. The SMILES string of the molecule is O=C(CN1C(=O)C2CCCCC2NC1=S)NCCc1ccc(Cl)cc1. The minimum Gasteiger partial charge on any atom is -0.359 e. The van der Waals surface area contributed by atoms with Crippen molar-refractivity contribution in [2.24, 2.45) is 5.92 Å². The van der Waals surface area contributed by atoms with Crippen molar-refractivity contribution < 1.29 is 9.59 Å². The van der Waals surface area contributed by atoms with Crippen LogP contribution < -0.4 is 10.6 Å². The molecule has 3 rings (SSSR count). The van der Waals surface area contributed by atoms with Crippen LogP contribution in [0.15, 0.2) is 24.3 Å². The van der Waals surface area contributed by atoms with Gasteiger partial charge in [-0.2, -0.15) is 0 Å². The Balaban J connectivity index is 1.49. The molecule has 7 heteroatoms. The van der Waals surface area contributed by atoms with Crippen LogP contribution in [0.5, 0.6) is 0 Å². The Labute approximate surface area is 158 Å². The van der Waals surface area contributed by atoms with E-state index in [0.29, 0.717) is 23.1 Å². The molecule has 0 aromatic heterocycles. The van der Waals surface area contributed by atoms with Gasteiger partial charge < -0.3 is 10.6 Å². The topological polar surface area (TPSA) is 61.4 Å². The van der Waals surface area contributed by atoms with Gasteiger partial charge in [-0.25, -0.2) is 0 Å². The minimum atomic E-state index is -0.194.